The number of nitrogens with zero attached hydrogens (tertiary/aromatic N) is 1. The Morgan fingerprint density at radius 1 is 1.29 bits per heavy atom. The number of nitrogens with one attached hydrogen (secondary N) is 1. The van der Waals surface area contributed by atoms with Crippen LogP contribution in [0.15, 0.2) is 17.3 Å². The maximum atomic E-state index is 6.63. The second kappa shape index (κ2) is 9.26. The molecule has 3 nitrogen and oxygen atoms in total. The highest BCUT2D eigenvalue weighted by molar-refractivity contribution is 8.29. The summed E-state index contributed by atoms with van der Waals surface area (Å²) in [6.45, 7) is 7.43. The molecule has 0 saturated carbocycles. The van der Waals surface area contributed by atoms with Gasteiger partial charge in [-0.15, -0.1) is 22.1 Å². The third-order valence-electron chi connectivity index (χ3n) is 3.73. The van der Waals surface area contributed by atoms with Gasteiger partial charge in [-0.25, -0.2) is 0 Å². The van der Waals surface area contributed by atoms with Crippen molar-refractivity contribution in [2.75, 3.05) is 37.1 Å². The molecule has 1 aromatic rings. The van der Waals surface area contributed by atoms with Crippen molar-refractivity contribution in [1.82, 2.24) is 10.3 Å². The Kier molecular flexibility index (Phi) is 8.42. The number of hydrogen-bond donors (Lipinski definition) is 1. The normalized spacial score (nSPS) is 14.2. The lowest BCUT2D eigenvalue weighted by atomic mass is 10.1. The molecule has 1 rings (SSSR count). The molecule has 0 aliphatic heterocycles. The lowest BCUT2D eigenvalue weighted by Gasteiger charge is -2.40. The first-order chi connectivity index (χ1) is 10.1. The summed E-state index contributed by atoms with van der Waals surface area (Å²) in [7, 11) is 0.900. The molecule has 122 valence electrons. The summed E-state index contributed by atoms with van der Waals surface area (Å²) in [5.74, 6) is 3.24. The largest absolute Gasteiger partial charge is 0.327 e. The second-order valence-corrected chi connectivity index (χ2v) is 9.82. The molecule has 1 atom stereocenters. The Hall–Kier alpha value is 0.0600. The number of aromatic nitrogens is 1. The predicted octanol–water partition coefficient (Wildman–Crippen LogP) is 4.51. The fraction of sp³-hybridized carbons (Fsp3) is 0.667. The first-order valence-corrected chi connectivity index (χ1v) is 11.0. The van der Waals surface area contributed by atoms with Crippen LogP contribution in [0, 0.1) is 0 Å². The summed E-state index contributed by atoms with van der Waals surface area (Å²) in [4.78, 5) is 5.29. The third-order valence-corrected chi connectivity index (χ3v) is 8.60. The Morgan fingerprint density at radius 2 is 1.90 bits per heavy atom. The van der Waals surface area contributed by atoms with E-state index in [2.05, 4.69) is 31.1 Å². The van der Waals surface area contributed by atoms with E-state index in [0.717, 1.165) is 34.3 Å². The van der Waals surface area contributed by atoms with Crippen molar-refractivity contribution in [2.45, 2.75) is 31.8 Å². The summed E-state index contributed by atoms with van der Waals surface area (Å²) in [6.07, 6.45) is 5.61. The van der Waals surface area contributed by atoms with Gasteiger partial charge in [-0.1, -0.05) is 32.4 Å². The summed E-state index contributed by atoms with van der Waals surface area (Å²) in [5.41, 5.74) is 1.07. The molecule has 1 unspecified atom stereocenters. The van der Waals surface area contributed by atoms with Gasteiger partial charge in [0.15, 0.2) is 0 Å². The summed E-state index contributed by atoms with van der Waals surface area (Å²) < 4.78 is 6.63. The molecule has 0 bridgehead atoms. The Labute approximate surface area is 140 Å². The standard InChI is InChI=1S/C15H27ClN2OS2/c1-6-21(7-2,8-3)19-13(10-17-4)15-12(16)9-18-11-14(15)20-5/h9,11,13,17H,6-8,10H2,1-5H3. The molecule has 0 spiro atoms. The lowest BCUT2D eigenvalue weighted by molar-refractivity contribution is 0.229. The molecule has 0 aliphatic carbocycles. The van der Waals surface area contributed by atoms with Gasteiger partial charge in [0, 0.05) is 29.4 Å². The molecule has 6 heteroatoms. The van der Waals surface area contributed by atoms with E-state index in [1.165, 1.54) is 0 Å². The van der Waals surface area contributed by atoms with Crippen LogP contribution in [0.5, 0.6) is 0 Å². The van der Waals surface area contributed by atoms with E-state index >= 15 is 0 Å². The summed E-state index contributed by atoms with van der Waals surface area (Å²) in [6, 6.07) is 0. The van der Waals surface area contributed by atoms with Crippen LogP contribution in [0.2, 0.25) is 5.02 Å². The van der Waals surface area contributed by atoms with Gasteiger partial charge in [-0.3, -0.25) is 4.98 Å². The van der Waals surface area contributed by atoms with Crippen molar-refractivity contribution in [1.29, 1.82) is 0 Å². The molecule has 1 heterocycles. The van der Waals surface area contributed by atoms with Crippen LogP contribution in [0.1, 0.15) is 32.4 Å². The highest BCUT2D eigenvalue weighted by atomic mass is 35.5. The molecule has 0 fully saturated rings. The first-order valence-electron chi connectivity index (χ1n) is 7.34. The zero-order valence-electron chi connectivity index (χ0n) is 13.6. The van der Waals surface area contributed by atoms with E-state index in [1.54, 1.807) is 18.0 Å². The average Bonchev–Trinajstić information content (AvgIpc) is 2.51. The topological polar surface area (TPSA) is 34.1 Å². The van der Waals surface area contributed by atoms with Crippen LogP contribution in [-0.4, -0.2) is 42.1 Å². The molecule has 0 aliphatic rings. The van der Waals surface area contributed by atoms with Crippen molar-refractivity contribution in [3.05, 3.63) is 23.0 Å². The quantitative estimate of drug-likeness (QED) is 0.664. The molecule has 0 radical (unpaired) electrons. The Bertz CT molecular complexity index is 433. The highest BCUT2D eigenvalue weighted by Gasteiger charge is 2.27. The van der Waals surface area contributed by atoms with Crippen LogP contribution in [0.3, 0.4) is 0 Å². The SMILES string of the molecule is CCS(CC)(CC)OC(CNC)c1c(Cl)cncc1SC. The molecular formula is C15H27ClN2OS2. The van der Waals surface area contributed by atoms with Crippen molar-refractivity contribution in [3.63, 3.8) is 0 Å². The number of thioether (sulfide) groups is 1. The van der Waals surface area contributed by atoms with Gasteiger partial charge in [-0.2, -0.15) is 0 Å². The van der Waals surface area contributed by atoms with Crippen LogP contribution in [0.4, 0.5) is 0 Å². The Balaban J connectivity index is 3.18. The zero-order valence-corrected chi connectivity index (χ0v) is 16.0. The number of hydrogen-bond acceptors (Lipinski definition) is 4. The number of halogens is 1. The van der Waals surface area contributed by atoms with Gasteiger partial charge in [-0.05, 0) is 30.6 Å². The maximum absolute atomic E-state index is 6.63. The molecule has 0 amide bonds. The maximum Gasteiger partial charge on any atom is 0.110 e. The lowest BCUT2D eigenvalue weighted by Crippen LogP contribution is -2.24. The van der Waals surface area contributed by atoms with Crippen LogP contribution >= 0.6 is 33.7 Å². The van der Waals surface area contributed by atoms with Gasteiger partial charge in [0.2, 0.25) is 0 Å². The van der Waals surface area contributed by atoms with Crippen molar-refractivity contribution in [3.8, 4) is 0 Å². The van der Waals surface area contributed by atoms with Crippen LogP contribution < -0.4 is 5.32 Å². The number of rotatable bonds is 9. The van der Waals surface area contributed by atoms with Crippen molar-refractivity contribution in [2.24, 2.45) is 0 Å². The second-order valence-electron chi connectivity index (χ2n) is 4.71. The molecule has 21 heavy (non-hydrogen) atoms. The minimum atomic E-state index is -1.05. The van der Waals surface area contributed by atoms with E-state index in [9.17, 15) is 0 Å². The molecular weight excluding hydrogens is 324 g/mol. The van der Waals surface area contributed by atoms with Gasteiger partial charge in [0.25, 0.3) is 0 Å². The fourth-order valence-corrected chi connectivity index (χ4v) is 5.59. The van der Waals surface area contributed by atoms with Gasteiger partial charge in [0.1, 0.15) is 6.10 Å². The van der Waals surface area contributed by atoms with Gasteiger partial charge in [0.05, 0.1) is 5.02 Å². The number of pyridine rings is 1. The van der Waals surface area contributed by atoms with E-state index in [0.29, 0.717) is 5.02 Å². The molecule has 0 aromatic carbocycles. The predicted molar refractivity (Wildman–Crippen MR) is 98.0 cm³/mol. The minimum Gasteiger partial charge on any atom is -0.327 e. The Morgan fingerprint density at radius 3 is 2.38 bits per heavy atom. The number of likely N-dealkylation sites (N-methyl/N-ethyl adjacent to an activating group) is 1. The van der Waals surface area contributed by atoms with E-state index in [-0.39, 0.29) is 6.10 Å². The average molecular weight is 351 g/mol. The van der Waals surface area contributed by atoms with E-state index in [1.807, 2.05) is 19.5 Å². The summed E-state index contributed by atoms with van der Waals surface area (Å²) >= 11 is 8.09. The fourth-order valence-electron chi connectivity index (χ4n) is 2.33. The smallest absolute Gasteiger partial charge is 0.110 e. The van der Waals surface area contributed by atoms with Crippen molar-refractivity contribution >= 4 is 33.7 Å². The minimum absolute atomic E-state index is 0.0252. The van der Waals surface area contributed by atoms with E-state index < -0.39 is 10.3 Å². The third kappa shape index (κ3) is 4.76. The van der Waals surface area contributed by atoms with Gasteiger partial charge < -0.3 is 9.50 Å². The monoisotopic (exact) mass is 350 g/mol. The zero-order chi connectivity index (χ0) is 15.9. The highest BCUT2D eigenvalue weighted by Crippen LogP contribution is 2.52. The van der Waals surface area contributed by atoms with Gasteiger partial charge >= 0.3 is 0 Å². The van der Waals surface area contributed by atoms with Crippen molar-refractivity contribution < 1.29 is 4.18 Å². The summed E-state index contributed by atoms with van der Waals surface area (Å²) in [5, 5.41) is 3.93. The van der Waals surface area contributed by atoms with Crippen LogP contribution in [-0.2, 0) is 4.18 Å². The molecule has 1 N–H and O–H groups in total. The van der Waals surface area contributed by atoms with Crippen LogP contribution in [0.25, 0.3) is 0 Å². The molecule has 0 saturated heterocycles. The van der Waals surface area contributed by atoms with E-state index in [4.69, 9.17) is 15.8 Å². The molecule has 1 aromatic heterocycles. The first kappa shape index (κ1) is 19.1.